The van der Waals surface area contributed by atoms with E-state index >= 15 is 0 Å². The van der Waals surface area contributed by atoms with Crippen LogP contribution in [0.15, 0.2) is 12.1 Å². The lowest BCUT2D eigenvalue weighted by Crippen LogP contribution is -1.95. The summed E-state index contributed by atoms with van der Waals surface area (Å²) in [7, 11) is 3.32. The molecular formula is C13H16O2. The summed E-state index contributed by atoms with van der Waals surface area (Å²) < 4.78 is 10.6. The number of benzene rings is 1. The first kappa shape index (κ1) is 11.5. The maximum atomic E-state index is 5.28. The first-order valence-corrected chi connectivity index (χ1v) is 4.88. The molecule has 0 spiro atoms. The Morgan fingerprint density at radius 3 is 2.13 bits per heavy atom. The highest BCUT2D eigenvalue weighted by Crippen LogP contribution is 2.29. The van der Waals surface area contributed by atoms with Gasteiger partial charge in [-0.3, -0.25) is 0 Å². The lowest BCUT2D eigenvalue weighted by Gasteiger charge is -2.11. The predicted molar refractivity (Wildman–Crippen MR) is 61.4 cm³/mol. The number of hydrogen-bond acceptors (Lipinski definition) is 2. The molecule has 0 atom stereocenters. The van der Waals surface area contributed by atoms with Gasteiger partial charge < -0.3 is 9.47 Å². The summed E-state index contributed by atoms with van der Waals surface area (Å²) in [5.41, 5.74) is 2.16. The van der Waals surface area contributed by atoms with Gasteiger partial charge in [0.25, 0.3) is 0 Å². The first-order valence-electron chi connectivity index (χ1n) is 4.88. The highest BCUT2D eigenvalue weighted by Gasteiger charge is 2.07. The van der Waals surface area contributed by atoms with Crippen LogP contribution in [0.1, 0.15) is 17.5 Å². The van der Waals surface area contributed by atoms with Gasteiger partial charge in [-0.1, -0.05) is 0 Å². The van der Waals surface area contributed by atoms with Crippen LogP contribution in [0.25, 0.3) is 0 Å². The van der Waals surface area contributed by atoms with Crippen LogP contribution in [0.5, 0.6) is 11.5 Å². The summed E-state index contributed by atoms with van der Waals surface area (Å²) in [5, 5.41) is 0. The van der Waals surface area contributed by atoms with Crippen molar-refractivity contribution in [2.24, 2.45) is 0 Å². The van der Waals surface area contributed by atoms with Crippen LogP contribution in [-0.4, -0.2) is 14.2 Å². The Balaban J connectivity index is 3.04. The Morgan fingerprint density at radius 1 is 1.20 bits per heavy atom. The molecule has 1 aromatic carbocycles. The third-order valence-electron chi connectivity index (χ3n) is 2.37. The molecule has 2 nitrogen and oxygen atoms in total. The molecule has 0 aromatic heterocycles. The standard InChI is InChI=1S/C13H16O2/c1-5-6-7-11-8-12(14-3)10(2)13(9-11)15-4/h1,8-9H,6-7H2,2-4H3. The molecule has 15 heavy (non-hydrogen) atoms. The molecule has 0 amide bonds. The van der Waals surface area contributed by atoms with E-state index in [9.17, 15) is 0 Å². The smallest absolute Gasteiger partial charge is 0.125 e. The van der Waals surface area contributed by atoms with Crippen LogP contribution >= 0.6 is 0 Å². The van der Waals surface area contributed by atoms with Gasteiger partial charge in [-0.15, -0.1) is 12.3 Å². The highest BCUT2D eigenvalue weighted by molar-refractivity contribution is 5.47. The minimum Gasteiger partial charge on any atom is -0.496 e. The Kier molecular flexibility index (Phi) is 4.05. The number of rotatable bonds is 4. The van der Waals surface area contributed by atoms with Crippen molar-refractivity contribution in [3.8, 4) is 23.8 Å². The van der Waals surface area contributed by atoms with E-state index in [0.29, 0.717) is 0 Å². The second-order valence-electron chi connectivity index (χ2n) is 3.33. The summed E-state index contributed by atoms with van der Waals surface area (Å²) in [4.78, 5) is 0. The third kappa shape index (κ3) is 2.66. The third-order valence-corrected chi connectivity index (χ3v) is 2.37. The van der Waals surface area contributed by atoms with E-state index in [1.54, 1.807) is 14.2 Å². The quantitative estimate of drug-likeness (QED) is 0.702. The minimum absolute atomic E-state index is 0.732. The monoisotopic (exact) mass is 204 g/mol. The molecule has 0 bridgehead atoms. The molecule has 0 heterocycles. The molecule has 1 aromatic rings. The average molecular weight is 204 g/mol. The normalized spacial score (nSPS) is 9.47. The second-order valence-corrected chi connectivity index (χ2v) is 3.33. The molecule has 0 aliphatic rings. The first-order chi connectivity index (χ1) is 7.22. The van der Waals surface area contributed by atoms with Gasteiger partial charge in [0.1, 0.15) is 11.5 Å². The summed E-state index contributed by atoms with van der Waals surface area (Å²) >= 11 is 0. The molecule has 0 aliphatic carbocycles. The van der Waals surface area contributed by atoms with Crippen LogP contribution in [-0.2, 0) is 6.42 Å². The minimum atomic E-state index is 0.732. The van der Waals surface area contributed by atoms with Gasteiger partial charge >= 0.3 is 0 Å². The van der Waals surface area contributed by atoms with Crippen molar-refractivity contribution in [3.05, 3.63) is 23.3 Å². The SMILES string of the molecule is C#CCCc1cc(OC)c(C)c(OC)c1. The van der Waals surface area contributed by atoms with Gasteiger partial charge in [0.05, 0.1) is 14.2 Å². The summed E-state index contributed by atoms with van der Waals surface area (Å²) in [5.74, 6) is 4.32. The second kappa shape index (κ2) is 5.31. The molecule has 0 saturated heterocycles. The summed E-state index contributed by atoms with van der Waals surface area (Å²) in [6, 6.07) is 4.02. The molecule has 0 fully saturated rings. The average Bonchev–Trinajstić information content (AvgIpc) is 2.27. The molecule has 2 heteroatoms. The van der Waals surface area contributed by atoms with Gasteiger partial charge in [0.2, 0.25) is 0 Å². The van der Waals surface area contributed by atoms with Crippen molar-refractivity contribution in [3.63, 3.8) is 0 Å². The molecule has 0 saturated carbocycles. The zero-order chi connectivity index (χ0) is 11.3. The van der Waals surface area contributed by atoms with E-state index in [4.69, 9.17) is 15.9 Å². The summed E-state index contributed by atoms with van der Waals surface area (Å²) in [6.07, 6.45) is 6.82. The fourth-order valence-electron chi connectivity index (χ4n) is 1.50. The van der Waals surface area contributed by atoms with E-state index < -0.39 is 0 Å². The fraction of sp³-hybridized carbons (Fsp3) is 0.385. The maximum Gasteiger partial charge on any atom is 0.125 e. The Labute approximate surface area is 91.2 Å². The molecule has 0 aliphatic heterocycles. The lowest BCUT2D eigenvalue weighted by atomic mass is 10.1. The fourth-order valence-corrected chi connectivity index (χ4v) is 1.50. The van der Waals surface area contributed by atoms with Crippen LogP contribution in [0, 0.1) is 19.3 Å². The van der Waals surface area contributed by atoms with E-state index in [1.807, 2.05) is 19.1 Å². The van der Waals surface area contributed by atoms with Crippen LogP contribution in [0.2, 0.25) is 0 Å². The zero-order valence-corrected chi connectivity index (χ0v) is 9.46. The number of terminal acetylenes is 1. The Bertz CT molecular complexity index is 350. The van der Waals surface area contributed by atoms with Crippen molar-refractivity contribution < 1.29 is 9.47 Å². The molecule has 80 valence electrons. The van der Waals surface area contributed by atoms with Crippen LogP contribution in [0.3, 0.4) is 0 Å². The number of aryl methyl sites for hydroxylation is 1. The topological polar surface area (TPSA) is 18.5 Å². The van der Waals surface area contributed by atoms with E-state index in [-0.39, 0.29) is 0 Å². The largest absolute Gasteiger partial charge is 0.496 e. The Hall–Kier alpha value is -1.62. The van der Waals surface area contributed by atoms with Gasteiger partial charge in [-0.2, -0.15) is 0 Å². The van der Waals surface area contributed by atoms with Crippen molar-refractivity contribution in [2.75, 3.05) is 14.2 Å². The highest BCUT2D eigenvalue weighted by atomic mass is 16.5. The predicted octanol–water partition coefficient (Wildman–Crippen LogP) is 2.58. The maximum absolute atomic E-state index is 5.28. The van der Waals surface area contributed by atoms with Crippen molar-refractivity contribution in [1.82, 2.24) is 0 Å². The molecule has 0 N–H and O–H groups in total. The van der Waals surface area contributed by atoms with Gasteiger partial charge in [0.15, 0.2) is 0 Å². The molecule has 0 radical (unpaired) electrons. The van der Waals surface area contributed by atoms with Gasteiger partial charge in [-0.05, 0) is 31.0 Å². The van der Waals surface area contributed by atoms with E-state index in [1.165, 1.54) is 0 Å². The van der Waals surface area contributed by atoms with Crippen LogP contribution in [0.4, 0.5) is 0 Å². The summed E-state index contributed by atoms with van der Waals surface area (Å²) in [6.45, 7) is 1.97. The zero-order valence-electron chi connectivity index (χ0n) is 9.46. The molecule has 1 rings (SSSR count). The van der Waals surface area contributed by atoms with Gasteiger partial charge in [0, 0.05) is 12.0 Å². The number of ether oxygens (including phenoxy) is 2. The van der Waals surface area contributed by atoms with E-state index in [0.717, 1.165) is 35.5 Å². The molecular weight excluding hydrogens is 188 g/mol. The van der Waals surface area contributed by atoms with Crippen molar-refractivity contribution >= 4 is 0 Å². The van der Waals surface area contributed by atoms with Crippen LogP contribution < -0.4 is 9.47 Å². The Morgan fingerprint density at radius 2 is 1.73 bits per heavy atom. The molecule has 0 unspecified atom stereocenters. The van der Waals surface area contributed by atoms with Gasteiger partial charge in [-0.25, -0.2) is 0 Å². The number of methoxy groups -OCH3 is 2. The number of hydrogen-bond donors (Lipinski definition) is 0. The van der Waals surface area contributed by atoms with Crippen molar-refractivity contribution in [1.29, 1.82) is 0 Å². The van der Waals surface area contributed by atoms with Crippen molar-refractivity contribution in [2.45, 2.75) is 19.8 Å². The lowest BCUT2D eigenvalue weighted by molar-refractivity contribution is 0.388. The van der Waals surface area contributed by atoms with E-state index in [2.05, 4.69) is 5.92 Å².